The third kappa shape index (κ3) is 5.73. The van der Waals surface area contributed by atoms with Crippen LogP contribution in [0.1, 0.15) is 18.7 Å². The Morgan fingerprint density at radius 2 is 1.95 bits per heavy atom. The minimum Gasteiger partial charge on any atom is -0.384 e. The van der Waals surface area contributed by atoms with Gasteiger partial charge in [-0.15, -0.1) is 0 Å². The van der Waals surface area contributed by atoms with Gasteiger partial charge in [-0.1, -0.05) is 0 Å². The number of nitrogens with two attached hydrogens (primary N) is 1. The predicted molar refractivity (Wildman–Crippen MR) is 67.7 cm³/mol. The van der Waals surface area contributed by atoms with Gasteiger partial charge in [-0.2, -0.15) is 13.2 Å². The van der Waals surface area contributed by atoms with Gasteiger partial charge in [0, 0.05) is 12.6 Å². The molecule has 0 spiro atoms. The number of nitrogen functional groups attached to an aromatic ring is 1. The van der Waals surface area contributed by atoms with Crippen LogP contribution in [-0.2, 0) is 6.18 Å². The molecule has 0 unspecified atom stereocenters. The van der Waals surface area contributed by atoms with Gasteiger partial charge >= 0.3 is 6.18 Å². The molecule has 1 aromatic heterocycles. The highest BCUT2D eigenvalue weighted by molar-refractivity contribution is 5.44. The number of hydrogen-bond donors (Lipinski definition) is 2. The van der Waals surface area contributed by atoms with E-state index in [0.29, 0.717) is 6.54 Å². The van der Waals surface area contributed by atoms with E-state index in [0.717, 1.165) is 19.4 Å². The Kier molecular flexibility index (Phi) is 5.34. The Labute approximate surface area is 110 Å². The van der Waals surface area contributed by atoms with Crippen LogP contribution in [-0.4, -0.2) is 42.1 Å². The van der Waals surface area contributed by atoms with E-state index in [4.69, 9.17) is 5.73 Å². The standard InChI is InChI=1S/C11H18F3N5/c1-19(2)6-4-3-5-16-9-7-8(15)17-10(18-9)11(12,13)14/h7H,3-6H2,1-2H3,(H3,15,16,17,18). The molecule has 19 heavy (non-hydrogen) atoms. The molecule has 108 valence electrons. The van der Waals surface area contributed by atoms with Gasteiger partial charge in [0.2, 0.25) is 5.82 Å². The van der Waals surface area contributed by atoms with Crippen LogP contribution in [0.3, 0.4) is 0 Å². The molecule has 0 fully saturated rings. The van der Waals surface area contributed by atoms with E-state index in [2.05, 4.69) is 15.3 Å². The summed E-state index contributed by atoms with van der Waals surface area (Å²) in [6.45, 7) is 1.48. The zero-order valence-corrected chi connectivity index (χ0v) is 11.0. The summed E-state index contributed by atoms with van der Waals surface area (Å²) >= 11 is 0. The molecule has 0 radical (unpaired) electrons. The summed E-state index contributed by atoms with van der Waals surface area (Å²) in [5, 5.41) is 2.82. The van der Waals surface area contributed by atoms with Crippen LogP contribution in [0.2, 0.25) is 0 Å². The smallest absolute Gasteiger partial charge is 0.384 e. The van der Waals surface area contributed by atoms with Crippen LogP contribution in [0.5, 0.6) is 0 Å². The molecule has 0 saturated carbocycles. The molecule has 0 saturated heterocycles. The van der Waals surface area contributed by atoms with Gasteiger partial charge in [-0.05, 0) is 33.5 Å². The average Bonchev–Trinajstić information content (AvgIpc) is 2.26. The molecule has 0 bridgehead atoms. The molecule has 0 aliphatic rings. The van der Waals surface area contributed by atoms with Gasteiger partial charge in [-0.3, -0.25) is 0 Å². The first kappa shape index (κ1) is 15.5. The fourth-order valence-corrected chi connectivity index (χ4v) is 1.45. The number of nitrogens with zero attached hydrogens (tertiary/aromatic N) is 3. The highest BCUT2D eigenvalue weighted by Crippen LogP contribution is 2.27. The molecule has 0 atom stereocenters. The van der Waals surface area contributed by atoms with Crippen LogP contribution in [0.15, 0.2) is 6.07 Å². The molecular weight excluding hydrogens is 259 g/mol. The highest BCUT2D eigenvalue weighted by Gasteiger charge is 2.35. The van der Waals surface area contributed by atoms with Gasteiger partial charge in [0.25, 0.3) is 0 Å². The number of nitrogens with one attached hydrogen (secondary N) is 1. The minimum absolute atomic E-state index is 0.102. The molecule has 3 N–H and O–H groups in total. The summed E-state index contributed by atoms with van der Waals surface area (Å²) in [6, 6.07) is 1.29. The number of hydrogen-bond acceptors (Lipinski definition) is 5. The third-order valence-corrected chi connectivity index (χ3v) is 2.34. The fourth-order valence-electron chi connectivity index (χ4n) is 1.45. The van der Waals surface area contributed by atoms with Gasteiger partial charge in [0.15, 0.2) is 0 Å². The molecule has 5 nitrogen and oxygen atoms in total. The quantitative estimate of drug-likeness (QED) is 0.777. The highest BCUT2D eigenvalue weighted by atomic mass is 19.4. The third-order valence-electron chi connectivity index (χ3n) is 2.34. The maximum Gasteiger partial charge on any atom is 0.451 e. The number of anilines is 2. The van der Waals surface area contributed by atoms with Crippen LogP contribution in [0.4, 0.5) is 24.8 Å². The summed E-state index contributed by atoms with van der Waals surface area (Å²) in [5.74, 6) is -1.31. The molecule has 0 aliphatic carbocycles. The van der Waals surface area contributed by atoms with E-state index >= 15 is 0 Å². The number of rotatable bonds is 6. The van der Waals surface area contributed by atoms with Crippen molar-refractivity contribution in [2.24, 2.45) is 0 Å². The predicted octanol–water partition coefficient (Wildman–Crippen LogP) is 1.83. The Hall–Kier alpha value is -1.57. The summed E-state index contributed by atoms with van der Waals surface area (Å²) in [4.78, 5) is 8.61. The lowest BCUT2D eigenvalue weighted by Crippen LogP contribution is -2.16. The first-order chi connectivity index (χ1) is 8.79. The Morgan fingerprint density at radius 3 is 2.53 bits per heavy atom. The second kappa shape index (κ2) is 6.55. The topological polar surface area (TPSA) is 67.1 Å². The number of alkyl halides is 3. The number of unbranched alkanes of at least 4 members (excludes halogenated alkanes) is 1. The van der Waals surface area contributed by atoms with Crippen molar-refractivity contribution in [3.05, 3.63) is 11.9 Å². The van der Waals surface area contributed by atoms with Gasteiger partial charge in [0.05, 0.1) is 0 Å². The van der Waals surface area contributed by atoms with E-state index < -0.39 is 12.0 Å². The molecular formula is C11H18F3N5. The molecule has 8 heteroatoms. The zero-order valence-electron chi connectivity index (χ0n) is 11.0. The second-order valence-corrected chi connectivity index (χ2v) is 4.44. The van der Waals surface area contributed by atoms with Crippen LogP contribution < -0.4 is 11.1 Å². The van der Waals surface area contributed by atoms with Crippen molar-refractivity contribution < 1.29 is 13.2 Å². The second-order valence-electron chi connectivity index (χ2n) is 4.44. The molecule has 0 aromatic carbocycles. The zero-order chi connectivity index (χ0) is 14.5. The van der Waals surface area contributed by atoms with Crippen molar-refractivity contribution in [2.45, 2.75) is 19.0 Å². The van der Waals surface area contributed by atoms with E-state index in [9.17, 15) is 13.2 Å². The summed E-state index contributed by atoms with van der Waals surface area (Å²) < 4.78 is 37.4. The van der Waals surface area contributed by atoms with Crippen LogP contribution in [0, 0.1) is 0 Å². The molecule has 1 rings (SSSR count). The average molecular weight is 277 g/mol. The maximum atomic E-state index is 12.5. The van der Waals surface area contributed by atoms with E-state index in [-0.39, 0.29) is 11.6 Å². The summed E-state index contributed by atoms with van der Waals surface area (Å²) in [6.07, 6.45) is -2.80. The Balaban J connectivity index is 2.52. The van der Waals surface area contributed by atoms with E-state index in [1.54, 1.807) is 0 Å². The normalized spacial score (nSPS) is 11.9. The van der Waals surface area contributed by atoms with Crippen molar-refractivity contribution >= 4 is 11.6 Å². The van der Waals surface area contributed by atoms with Crippen molar-refractivity contribution in [2.75, 3.05) is 38.2 Å². The maximum absolute atomic E-state index is 12.5. The lowest BCUT2D eigenvalue weighted by molar-refractivity contribution is -0.144. The molecule has 0 aliphatic heterocycles. The first-order valence-electron chi connectivity index (χ1n) is 5.89. The summed E-state index contributed by atoms with van der Waals surface area (Å²) in [7, 11) is 3.93. The number of aromatic nitrogens is 2. The van der Waals surface area contributed by atoms with Gasteiger partial charge < -0.3 is 16.0 Å². The fraction of sp³-hybridized carbons (Fsp3) is 0.636. The van der Waals surface area contributed by atoms with Crippen molar-refractivity contribution in [3.8, 4) is 0 Å². The van der Waals surface area contributed by atoms with Gasteiger partial charge in [-0.25, -0.2) is 9.97 Å². The van der Waals surface area contributed by atoms with Gasteiger partial charge in [0.1, 0.15) is 11.6 Å². The Morgan fingerprint density at radius 1 is 1.26 bits per heavy atom. The van der Waals surface area contributed by atoms with Crippen molar-refractivity contribution in [3.63, 3.8) is 0 Å². The number of halogens is 3. The van der Waals surface area contributed by atoms with E-state index in [1.807, 2.05) is 19.0 Å². The largest absolute Gasteiger partial charge is 0.451 e. The van der Waals surface area contributed by atoms with Crippen molar-refractivity contribution in [1.29, 1.82) is 0 Å². The monoisotopic (exact) mass is 277 g/mol. The summed E-state index contributed by atoms with van der Waals surface area (Å²) in [5.41, 5.74) is 5.33. The van der Waals surface area contributed by atoms with Crippen molar-refractivity contribution in [1.82, 2.24) is 14.9 Å². The van der Waals surface area contributed by atoms with Crippen LogP contribution >= 0.6 is 0 Å². The lowest BCUT2D eigenvalue weighted by Gasteiger charge is -2.11. The molecule has 1 aromatic rings. The Bertz CT molecular complexity index is 406. The van der Waals surface area contributed by atoms with Crippen LogP contribution in [0.25, 0.3) is 0 Å². The SMILES string of the molecule is CN(C)CCCCNc1cc(N)nc(C(F)(F)F)n1. The molecule has 1 heterocycles. The lowest BCUT2D eigenvalue weighted by atomic mass is 10.3. The molecule has 0 amide bonds. The minimum atomic E-state index is -4.59. The van der Waals surface area contributed by atoms with E-state index in [1.165, 1.54) is 6.07 Å². The first-order valence-corrected chi connectivity index (χ1v) is 5.89.